The van der Waals surface area contributed by atoms with E-state index in [0.717, 1.165) is 0 Å². The predicted octanol–water partition coefficient (Wildman–Crippen LogP) is 1.82. The lowest BCUT2D eigenvalue weighted by Gasteiger charge is -2.31. The first-order valence-corrected chi connectivity index (χ1v) is 10.2. The molecule has 142 valence electrons. The van der Waals surface area contributed by atoms with Crippen molar-refractivity contribution in [2.75, 3.05) is 18.4 Å². The summed E-state index contributed by atoms with van der Waals surface area (Å²) in [5, 5.41) is 7.85. The Morgan fingerprint density at radius 2 is 1.56 bits per heavy atom. The smallest absolute Gasteiger partial charge is 0.253 e. The Bertz CT molecular complexity index is 919. The lowest BCUT2D eigenvalue weighted by Crippen LogP contribution is -2.41. The number of anilines is 1. The summed E-state index contributed by atoms with van der Waals surface area (Å²) >= 11 is 0. The Morgan fingerprint density at radius 3 is 2.11 bits per heavy atom. The highest BCUT2D eigenvalue weighted by molar-refractivity contribution is 7.89. The Kier molecular flexibility index (Phi) is 5.57. The normalized spacial score (nSPS) is 15.4. The van der Waals surface area contributed by atoms with Crippen molar-refractivity contribution >= 4 is 27.5 Å². The van der Waals surface area contributed by atoms with Crippen LogP contribution in [0.25, 0.3) is 0 Å². The third kappa shape index (κ3) is 4.72. The number of hydrogen-bond acceptors (Lipinski definition) is 4. The molecule has 0 radical (unpaired) electrons. The van der Waals surface area contributed by atoms with Crippen LogP contribution in [-0.4, -0.2) is 38.2 Å². The van der Waals surface area contributed by atoms with Crippen LogP contribution in [0.4, 0.5) is 5.69 Å². The van der Waals surface area contributed by atoms with Gasteiger partial charge in [0.1, 0.15) is 0 Å². The predicted molar refractivity (Wildman–Crippen MR) is 102 cm³/mol. The summed E-state index contributed by atoms with van der Waals surface area (Å²) in [5.74, 6) is -0.346. The molecule has 1 heterocycles. The molecule has 0 atom stereocenters. The van der Waals surface area contributed by atoms with E-state index in [4.69, 9.17) is 5.14 Å². The second-order valence-electron chi connectivity index (χ2n) is 6.49. The maximum absolute atomic E-state index is 12.4. The van der Waals surface area contributed by atoms with Crippen LogP contribution in [0.1, 0.15) is 23.2 Å². The van der Waals surface area contributed by atoms with Crippen molar-refractivity contribution in [3.8, 4) is 0 Å². The molecular formula is C19H21N3O4S. The number of nitrogens with one attached hydrogen (secondary N) is 1. The van der Waals surface area contributed by atoms with E-state index in [-0.39, 0.29) is 22.6 Å². The molecule has 2 aromatic carbocycles. The van der Waals surface area contributed by atoms with Crippen molar-refractivity contribution in [1.82, 2.24) is 4.90 Å². The lowest BCUT2D eigenvalue weighted by molar-refractivity contribution is -0.121. The van der Waals surface area contributed by atoms with Crippen molar-refractivity contribution in [3.05, 3.63) is 60.2 Å². The highest BCUT2D eigenvalue weighted by Crippen LogP contribution is 2.21. The number of primary sulfonamides is 1. The second kappa shape index (κ2) is 7.89. The summed E-state index contributed by atoms with van der Waals surface area (Å²) in [4.78, 5) is 26.6. The molecule has 3 N–H and O–H groups in total. The Morgan fingerprint density at radius 1 is 0.963 bits per heavy atom. The topological polar surface area (TPSA) is 110 Å². The number of benzene rings is 2. The van der Waals surface area contributed by atoms with Gasteiger partial charge in [-0.2, -0.15) is 0 Å². The average Bonchev–Trinajstić information content (AvgIpc) is 2.68. The molecule has 0 aliphatic carbocycles. The van der Waals surface area contributed by atoms with Gasteiger partial charge in [0.15, 0.2) is 0 Å². The first-order valence-electron chi connectivity index (χ1n) is 8.62. The second-order valence-corrected chi connectivity index (χ2v) is 8.05. The first-order chi connectivity index (χ1) is 12.8. The van der Waals surface area contributed by atoms with Gasteiger partial charge in [-0.25, -0.2) is 13.6 Å². The van der Waals surface area contributed by atoms with Gasteiger partial charge in [0.25, 0.3) is 5.91 Å². The van der Waals surface area contributed by atoms with Gasteiger partial charge in [-0.05, 0) is 49.2 Å². The Hall–Kier alpha value is -2.71. The molecular weight excluding hydrogens is 366 g/mol. The molecule has 2 amide bonds. The Balaban J connectivity index is 1.55. The fourth-order valence-electron chi connectivity index (χ4n) is 3.08. The fraction of sp³-hybridized carbons (Fsp3) is 0.263. The van der Waals surface area contributed by atoms with Crippen LogP contribution >= 0.6 is 0 Å². The summed E-state index contributed by atoms with van der Waals surface area (Å²) in [6, 6.07) is 14.8. The zero-order valence-electron chi connectivity index (χ0n) is 14.7. The van der Waals surface area contributed by atoms with Crippen molar-refractivity contribution in [1.29, 1.82) is 0 Å². The Labute approximate surface area is 158 Å². The maximum atomic E-state index is 12.4. The van der Waals surface area contributed by atoms with Gasteiger partial charge in [0.05, 0.1) is 4.90 Å². The van der Waals surface area contributed by atoms with E-state index in [1.54, 1.807) is 17.0 Å². The third-order valence-electron chi connectivity index (χ3n) is 4.62. The number of sulfonamides is 1. The number of piperidine rings is 1. The zero-order chi connectivity index (χ0) is 19.4. The summed E-state index contributed by atoms with van der Waals surface area (Å²) in [5.41, 5.74) is 1.16. The number of hydrogen-bond donors (Lipinski definition) is 2. The summed E-state index contributed by atoms with van der Waals surface area (Å²) < 4.78 is 22.5. The highest BCUT2D eigenvalue weighted by atomic mass is 32.2. The molecule has 1 aliphatic heterocycles. The van der Waals surface area contributed by atoms with Crippen LogP contribution in [0.5, 0.6) is 0 Å². The molecule has 0 aromatic heterocycles. The van der Waals surface area contributed by atoms with Crippen molar-refractivity contribution in [2.24, 2.45) is 11.1 Å². The molecule has 8 heteroatoms. The third-order valence-corrected chi connectivity index (χ3v) is 5.55. The van der Waals surface area contributed by atoms with Crippen LogP contribution in [0, 0.1) is 5.92 Å². The van der Waals surface area contributed by atoms with E-state index in [1.807, 2.05) is 18.2 Å². The quantitative estimate of drug-likeness (QED) is 0.834. The summed E-state index contributed by atoms with van der Waals surface area (Å²) in [6.45, 7) is 1.05. The minimum atomic E-state index is -3.76. The van der Waals surface area contributed by atoms with Crippen molar-refractivity contribution in [3.63, 3.8) is 0 Å². The van der Waals surface area contributed by atoms with Crippen LogP contribution in [-0.2, 0) is 14.8 Å². The number of rotatable bonds is 4. The monoisotopic (exact) mass is 387 g/mol. The van der Waals surface area contributed by atoms with Gasteiger partial charge in [-0.15, -0.1) is 0 Å². The number of nitrogens with two attached hydrogens (primary N) is 1. The molecule has 1 saturated heterocycles. The summed E-state index contributed by atoms with van der Waals surface area (Å²) in [7, 11) is -3.76. The molecule has 2 aromatic rings. The van der Waals surface area contributed by atoms with Crippen LogP contribution in [0.15, 0.2) is 59.5 Å². The van der Waals surface area contributed by atoms with Gasteiger partial charge in [-0.3, -0.25) is 9.59 Å². The highest BCUT2D eigenvalue weighted by Gasteiger charge is 2.27. The number of nitrogens with zero attached hydrogens (tertiary/aromatic N) is 1. The number of likely N-dealkylation sites (tertiary alicyclic amines) is 1. The van der Waals surface area contributed by atoms with E-state index < -0.39 is 10.0 Å². The van der Waals surface area contributed by atoms with Crippen LogP contribution < -0.4 is 10.5 Å². The van der Waals surface area contributed by atoms with E-state index in [1.165, 1.54) is 24.3 Å². The molecule has 1 aliphatic rings. The molecule has 0 unspecified atom stereocenters. The standard InChI is InChI=1S/C19H21N3O4S/c20-27(25,26)17-8-6-16(7-9-17)21-18(23)14-10-12-22(13-11-14)19(24)15-4-2-1-3-5-15/h1-9,14H,10-13H2,(H,21,23)(H2,20,25,26). The van der Waals surface area contributed by atoms with Crippen molar-refractivity contribution < 1.29 is 18.0 Å². The lowest BCUT2D eigenvalue weighted by atomic mass is 9.95. The molecule has 0 saturated carbocycles. The number of amides is 2. The molecule has 3 rings (SSSR count). The largest absolute Gasteiger partial charge is 0.339 e. The van der Waals surface area contributed by atoms with Gasteiger partial charge < -0.3 is 10.2 Å². The van der Waals surface area contributed by atoms with Crippen LogP contribution in [0.3, 0.4) is 0 Å². The van der Waals surface area contributed by atoms with Gasteiger partial charge >= 0.3 is 0 Å². The zero-order valence-corrected chi connectivity index (χ0v) is 15.5. The maximum Gasteiger partial charge on any atom is 0.253 e. The number of carbonyl (C=O) groups excluding carboxylic acids is 2. The van der Waals surface area contributed by atoms with E-state index in [0.29, 0.717) is 37.2 Å². The first kappa shape index (κ1) is 19.1. The molecule has 1 fully saturated rings. The molecule has 7 nitrogen and oxygen atoms in total. The van der Waals surface area contributed by atoms with Gasteiger partial charge in [-0.1, -0.05) is 18.2 Å². The van der Waals surface area contributed by atoms with E-state index in [9.17, 15) is 18.0 Å². The molecule has 0 bridgehead atoms. The SMILES string of the molecule is NS(=O)(=O)c1ccc(NC(=O)C2CCN(C(=O)c3ccccc3)CC2)cc1. The molecule has 0 spiro atoms. The fourth-order valence-corrected chi connectivity index (χ4v) is 3.60. The van der Waals surface area contributed by atoms with E-state index in [2.05, 4.69) is 5.32 Å². The van der Waals surface area contributed by atoms with Gasteiger partial charge in [0.2, 0.25) is 15.9 Å². The average molecular weight is 387 g/mol. The molecule has 27 heavy (non-hydrogen) atoms. The van der Waals surface area contributed by atoms with Gasteiger partial charge in [0, 0.05) is 30.3 Å². The van der Waals surface area contributed by atoms with Crippen molar-refractivity contribution in [2.45, 2.75) is 17.7 Å². The minimum absolute atomic E-state index is 0.00627. The van der Waals surface area contributed by atoms with E-state index >= 15 is 0 Å². The minimum Gasteiger partial charge on any atom is -0.339 e. The summed E-state index contributed by atoms with van der Waals surface area (Å²) in [6.07, 6.45) is 1.17. The van der Waals surface area contributed by atoms with Crippen LogP contribution in [0.2, 0.25) is 0 Å². The number of carbonyl (C=O) groups is 2.